The van der Waals surface area contributed by atoms with E-state index in [0.717, 1.165) is 39.3 Å². The van der Waals surface area contributed by atoms with Gasteiger partial charge in [-0.15, -0.1) is 0 Å². The molecule has 0 bridgehead atoms. The summed E-state index contributed by atoms with van der Waals surface area (Å²) in [7, 11) is 0. The first-order valence-electron chi connectivity index (χ1n) is 5.82. The second kappa shape index (κ2) is 6.16. The monoisotopic (exact) mass is 226 g/mol. The number of nitriles is 1. The molecule has 2 aliphatic rings. The summed E-state index contributed by atoms with van der Waals surface area (Å²) < 4.78 is 16.3. The maximum atomic E-state index is 8.54. The molecular formula is C11H18N2O3. The number of morpholine rings is 1. The fourth-order valence-corrected chi connectivity index (χ4v) is 1.98. The molecule has 2 rings (SSSR count). The lowest BCUT2D eigenvalue weighted by atomic mass is 10.3. The van der Waals surface area contributed by atoms with Crippen LogP contribution in [0.4, 0.5) is 0 Å². The van der Waals surface area contributed by atoms with Crippen LogP contribution in [0.1, 0.15) is 12.8 Å². The lowest BCUT2D eigenvalue weighted by molar-refractivity contribution is -0.0694. The van der Waals surface area contributed by atoms with E-state index in [1.54, 1.807) is 0 Å². The Bertz CT molecular complexity index is 248. The second-order valence-electron chi connectivity index (χ2n) is 4.13. The number of hydrogen-bond donors (Lipinski definition) is 0. The van der Waals surface area contributed by atoms with Gasteiger partial charge < -0.3 is 14.2 Å². The van der Waals surface area contributed by atoms with Crippen molar-refractivity contribution in [1.82, 2.24) is 4.90 Å². The van der Waals surface area contributed by atoms with Crippen molar-refractivity contribution in [2.75, 3.05) is 39.5 Å². The molecule has 0 saturated carbocycles. The summed E-state index contributed by atoms with van der Waals surface area (Å²) in [4.78, 5) is 2.35. The molecule has 0 aromatic rings. The average molecular weight is 226 g/mol. The van der Waals surface area contributed by atoms with Gasteiger partial charge in [-0.25, -0.2) is 0 Å². The largest absolute Gasteiger partial charge is 0.379 e. The van der Waals surface area contributed by atoms with Crippen LogP contribution in [-0.4, -0.2) is 56.7 Å². The summed E-state index contributed by atoms with van der Waals surface area (Å²) in [5, 5.41) is 8.54. The van der Waals surface area contributed by atoms with Gasteiger partial charge in [0.2, 0.25) is 0 Å². The first-order valence-corrected chi connectivity index (χ1v) is 5.82. The summed E-state index contributed by atoms with van der Waals surface area (Å²) in [5.74, 6) is 0. The first kappa shape index (κ1) is 11.8. The lowest BCUT2D eigenvalue weighted by Crippen LogP contribution is -2.38. The maximum absolute atomic E-state index is 8.54. The highest BCUT2D eigenvalue weighted by molar-refractivity contribution is 4.79. The van der Waals surface area contributed by atoms with Crippen LogP contribution in [0.15, 0.2) is 0 Å². The Morgan fingerprint density at radius 2 is 2.12 bits per heavy atom. The highest BCUT2D eigenvalue weighted by Gasteiger charge is 2.26. The van der Waals surface area contributed by atoms with Gasteiger partial charge in [0.15, 0.2) is 6.29 Å². The molecule has 0 spiro atoms. The summed E-state index contributed by atoms with van der Waals surface area (Å²) in [5.41, 5.74) is 0. The number of hydrogen-bond acceptors (Lipinski definition) is 5. The molecule has 0 aliphatic carbocycles. The van der Waals surface area contributed by atoms with Gasteiger partial charge in [-0.2, -0.15) is 5.26 Å². The zero-order valence-electron chi connectivity index (χ0n) is 9.43. The minimum atomic E-state index is -0.124. The minimum absolute atomic E-state index is 0.0281. The fourth-order valence-electron chi connectivity index (χ4n) is 1.98. The number of nitrogens with zero attached hydrogens (tertiary/aromatic N) is 2. The molecule has 0 amide bonds. The molecule has 2 unspecified atom stereocenters. The van der Waals surface area contributed by atoms with Crippen LogP contribution in [0, 0.1) is 11.3 Å². The van der Waals surface area contributed by atoms with Crippen molar-refractivity contribution in [2.45, 2.75) is 25.2 Å². The third kappa shape index (κ3) is 3.42. The highest BCUT2D eigenvalue weighted by atomic mass is 16.7. The Labute approximate surface area is 95.9 Å². The summed E-state index contributed by atoms with van der Waals surface area (Å²) >= 11 is 0. The van der Waals surface area contributed by atoms with E-state index in [0.29, 0.717) is 13.0 Å². The zero-order chi connectivity index (χ0) is 11.2. The normalized spacial score (nSPS) is 31.4. The van der Waals surface area contributed by atoms with Crippen LogP contribution in [0.5, 0.6) is 0 Å². The zero-order valence-corrected chi connectivity index (χ0v) is 9.43. The second-order valence-corrected chi connectivity index (χ2v) is 4.13. The van der Waals surface area contributed by atoms with Crippen molar-refractivity contribution in [1.29, 1.82) is 5.26 Å². The van der Waals surface area contributed by atoms with E-state index in [9.17, 15) is 0 Å². The van der Waals surface area contributed by atoms with Crippen molar-refractivity contribution in [2.24, 2.45) is 0 Å². The molecule has 5 nitrogen and oxygen atoms in total. The summed E-state index contributed by atoms with van der Waals surface area (Å²) in [6, 6.07) is 2.10. The third-order valence-electron chi connectivity index (χ3n) is 2.92. The predicted octanol–water partition coefficient (Wildman–Crippen LogP) is 0.364. The number of ether oxygens (including phenoxy) is 3. The van der Waals surface area contributed by atoms with Gasteiger partial charge in [-0.05, 0) is 0 Å². The van der Waals surface area contributed by atoms with Gasteiger partial charge in [-0.3, -0.25) is 4.90 Å². The SMILES string of the molecule is N#CCC1COC(CCN2CCOCC2)O1. The molecule has 2 saturated heterocycles. The van der Waals surface area contributed by atoms with E-state index >= 15 is 0 Å². The van der Waals surface area contributed by atoms with Crippen LogP contribution in [0.2, 0.25) is 0 Å². The van der Waals surface area contributed by atoms with Crippen molar-refractivity contribution in [3.8, 4) is 6.07 Å². The molecule has 2 fully saturated rings. The molecule has 2 heterocycles. The topological polar surface area (TPSA) is 54.7 Å². The maximum Gasteiger partial charge on any atom is 0.159 e. The third-order valence-corrected chi connectivity index (χ3v) is 2.92. The molecule has 0 aromatic heterocycles. The van der Waals surface area contributed by atoms with E-state index in [2.05, 4.69) is 11.0 Å². The molecule has 90 valence electrons. The van der Waals surface area contributed by atoms with Crippen molar-refractivity contribution in [3.63, 3.8) is 0 Å². The highest BCUT2D eigenvalue weighted by Crippen LogP contribution is 2.17. The van der Waals surface area contributed by atoms with E-state index in [1.807, 2.05) is 0 Å². The summed E-state index contributed by atoms with van der Waals surface area (Å²) in [6.45, 7) is 5.17. The molecule has 2 atom stereocenters. The van der Waals surface area contributed by atoms with Gasteiger partial charge in [0.1, 0.15) is 0 Å². The van der Waals surface area contributed by atoms with E-state index in [4.69, 9.17) is 19.5 Å². The van der Waals surface area contributed by atoms with Crippen LogP contribution in [-0.2, 0) is 14.2 Å². The number of rotatable bonds is 4. The van der Waals surface area contributed by atoms with Crippen molar-refractivity contribution < 1.29 is 14.2 Å². The van der Waals surface area contributed by atoms with Gasteiger partial charge in [0.05, 0.1) is 38.4 Å². The Balaban J connectivity index is 1.61. The smallest absolute Gasteiger partial charge is 0.159 e. The molecule has 0 aromatic carbocycles. The van der Waals surface area contributed by atoms with Crippen LogP contribution in [0.3, 0.4) is 0 Å². The Morgan fingerprint density at radius 3 is 2.88 bits per heavy atom. The van der Waals surface area contributed by atoms with E-state index in [-0.39, 0.29) is 12.4 Å². The van der Waals surface area contributed by atoms with Gasteiger partial charge in [0.25, 0.3) is 0 Å². The molecule has 0 N–H and O–H groups in total. The molecule has 16 heavy (non-hydrogen) atoms. The molecule has 5 heteroatoms. The van der Waals surface area contributed by atoms with E-state index < -0.39 is 0 Å². The first-order chi connectivity index (χ1) is 7.88. The van der Waals surface area contributed by atoms with Crippen molar-refractivity contribution in [3.05, 3.63) is 0 Å². The molecule has 2 aliphatic heterocycles. The van der Waals surface area contributed by atoms with Crippen molar-refractivity contribution >= 4 is 0 Å². The van der Waals surface area contributed by atoms with E-state index in [1.165, 1.54) is 0 Å². The summed E-state index contributed by atoms with van der Waals surface area (Å²) in [6.07, 6.45) is 1.15. The quantitative estimate of drug-likeness (QED) is 0.693. The van der Waals surface area contributed by atoms with Gasteiger partial charge in [0, 0.05) is 26.1 Å². The molecule has 0 radical (unpaired) electrons. The predicted molar refractivity (Wildman–Crippen MR) is 56.7 cm³/mol. The minimum Gasteiger partial charge on any atom is -0.379 e. The average Bonchev–Trinajstić information content (AvgIpc) is 2.76. The Morgan fingerprint density at radius 1 is 1.31 bits per heavy atom. The van der Waals surface area contributed by atoms with Crippen LogP contribution < -0.4 is 0 Å². The van der Waals surface area contributed by atoms with Crippen LogP contribution >= 0.6 is 0 Å². The fraction of sp³-hybridized carbons (Fsp3) is 0.909. The lowest BCUT2D eigenvalue weighted by Gasteiger charge is -2.27. The Kier molecular flexibility index (Phi) is 4.55. The van der Waals surface area contributed by atoms with Crippen LogP contribution in [0.25, 0.3) is 0 Å². The van der Waals surface area contributed by atoms with Gasteiger partial charge in [-0.1, -0.05) is 0 Å². The Hall–Kier alpha value is -0.670. The van der Waals surface area contributed by atoms with Gasteiger partial charge >= 0.3 is 0 Å². The standard InChI is InChI=1S/C11H18N2O3/c12-3-1-10-9-15-11(16-10)2-4-13-5-7-14-8-6-13/h10-11H,1-2,4-9H2. The molecular weight excluding hydrogens is 208 g/mol.